The molecular formula is C31H52N11O21P3S. The number of anilines is 1. The highest BCUT2D eigenvalue weighted by molar-refractivity contribution is 8.13. The summed E-state index contributed by atoms with van der Waals surface area (Å²) in [5.41, 5.74) is 15.6. The molecule has 1 saturated heterocycles. The largest absolute Gasteiger partial charge is 0.481 e. The number of aliphatic carboxylic acids is 2. The number of amides is 2. The molecule has 1 fully saturated rings. The maximum absolute atomic E-state index is 12.7. The van der Waals surface area contributed by atoms with Gasteiger partial charge in [0.2, 0.25) is 16.9 Å². The maximum Gasteiger partial charge on any atom is 0.481 e. The number of ether oxygens (including phenoxy) is 1. The molecule has 2 aromatic rings. The lowest BCUT2D eigenvalue weighted by molar-refractivity contribution is -0.145. The SMILES string of the molecule is CC(C)(COP(=O)(O)OP(=O)(O)OCC1OC(n2cnc3c(N)ncnc32)C(O)C1OP(=O)(O)O)C(O)C(=O)NCCC(=O)NCCSC(=O)C(N)CCCN=C(N)NC(CC(=O)O)C(=O)O. The first-order chi connectivity index (χ1) is 31.0. The summed E-state index contributed by atoms with van der Waals surface area (Å²) in [7, 11) is -16.5. The molecule has 0 bridgehead atoms. The van der Waals surface area contributed by atoms with Crippen LogP contribution in [0.2, 0.25) is 0 Å². The summed E-state index contributed by atoms with van der Waals surface area (Å²) in [5.74, 6) is -4.60. The lowest BCUT2D eigenvalue weighted by Gasteiger charge is -2.30. The molecule has 2 amide bonds. The Balaban J connectivity index is 1.38. The Kier molecular flexibility index (Phi) is 21.2. The van der Waals surface area contributed by atoms with Gasteiger partial charge in [0.15, 0.2) is 23.7 Å². The molecule has 9 unspecified atom stereocenters. The molecule has 9 atom stereocenters. The predicted molar refractivity (Wildman–Crippen MR) is 228 cm³/mol. The van der Waals surface area contributed by atoms with Gasteiger partial charge in [-0.2, -0.15) is 4.31 Å². The van der Waals surface area contributed by atoms with Crippen LogP contribution in [0.3, 0.4) is 0 Å². The first-order valence-corrected chi connectivity index (χ1v) is 24.9. The van der Waals surface area contributed by atoms with Crippen molar-refractivity contribution in [1.82, 2.24) is 35.5 Å². The third kappa shape index (κ3) is 18.6. The number of phosphoric acid groups is 3. The second-order valence-electron chi connectivity index (χ2n) is 14.9. The van der Waals surface area contributed by atoms with Crippen molar-refractivity contribution >= 4 is 87.0 Å². The quantitative estimate of drug-likeness (QED) is 0.0171. The third-order valence-corrected chi connectivity index (χ3v) is 13.1. The van der Waals surface area contributed by atoms with Crippen molar-refractivity contribution in [1.29, 1.82) is 0 Å². The second kappa shape index (κ2) is 24.8. The fourth-order valence-corrected chi connectivity index (χ4v) is 9.18. The van der Waals surface area contributed by atoms with E-state index in [2.05, 4.69) is 44.7 Å². The molecule has 0 saturated carbocycles. The van der Waals surface area contributed by atoms with E-state index in [9.17, 15) is 67.5 Å². The summed E-state index contributed by atoms with van der Waals surface area (Å²) in [6.07, 6.45) is -7.50. The molecule has 378 valence electrons. The second-order valence-corrected chi connectivity index (χ2v) is 20.2. The first-order valence-electron chi connectivity index (χ1n) is 19.3. The number of aliphatic hydroxyl groups is 2. The Labute approximate surface area is 383 Å². The summed E-state index contributed by atoms with van der Waals surface area (Å²) in [5, 5.41) is 46.0. The van der Waals surface area contributed by atoms with Gasteiger partial charge in [-0.15, -0.1) is 0 Å². The number of hydrogen-bond acceptors (Lipinski definition) is 22. The summed E-state index contributed by atoms with van der Waals surface area (Å²) in [4.78, 5) is 114. The van der Waals surface area contributed by atoms with Crippen LogP contribution in [0.4, 0.5) is 5.82 Å². The number of thioether (sulfide) groups is 1. The van der Waals surface area contributed by atoms with E-state index in [1.54, 1.807) is 0 Å². The zero-order valence-corrected chi connectivity index (χ0v) is 38.9. The Hall–Kier alpha value is -4.27. The highest BCUT2D eigenvalue weighted by Gasteiger charge is 2.50. The van der Waals surface area contributed by atoms with Gasteiger partial charge in [0.05, 0.1) is 32.0 Å². The summed E-state index contributed by atoms with van der Waals surface area (Å²) in [6, 6.07) is -2.39. The number of imidazole rings is 1. The maximum atomic E-state index is 12.7. The first kappa shape index (κ1) is 57.1. The number of guanidine groups is 1. The number of carboxylic acid groups (broad SMARTS) is 2. The number of rotatable bonds is 28. The molecule has 0 spiro atoms. The molecule has 36 heteroatoms. The van der Waals surface area contributed by atoms with Crippen molar-refractivity contribution in [2.45, 2.75) is 82.3 Å². The van der Waals surface area contributed by atoms with Crippen molar-refractivity contribution in [3.8, 4) is 0 Å². The van der Waals surface area contributed by atoms with Gasteiger partial charge in [-0.1, -0.05) is 25.6 Å². The van der Waals surface area contributed by atoms with Crippen molar-refractivity contribution < 1.29 is 100 Å². The Morgan fingerprint density at radius 3 is 2.34 bits per heavy atom. The van der Waals surface area contributed by atoms with Crippen LogP contribution in [0.15, 0.2) is 17.6 Å². The molecule has 32 nitrogen and oxygen atoms in total. The highest BCUT2D eigenvalue weighted by Crippen LogP contribution is 2.61. The summed E-state index contributed by atoms with van der Waals surface area (Å²) in [6.45, 7) is 0.123. The fraction of sp³-hybridized carbons (Fsp3) is 0.645. The summed E-state index contributed by atoms with van der Waals surface area (Å²) < 4.78 is 62.2. The van der Waals surface area contributed by atoms with Crippen LogP contribution in [0.5, 0.6) is 0 Å². The number of carbonyl (C=O) groups is 5. The van der Waals surface area contributed by atoms with Crippen molar-refractivity contribution in [3.05, 3.63) is 12.7 Å². The van der Waals surface area contributed by atoms with Crippen LogP contribution >= 0.6 is 35.2 Å². The minimum Gasteiger partial charge on any atom is -0.481 e. The monoisotopic (exact) mass is 1040 g/mol. The molecular weight excluding hydrogens is 987 g/mol. The molecule has 2 aromatic heterocycles. The van der Waals surface area contributed by atoms with Crippen LogP contribution in [-0.2, 0) is 60.3 Å². The van der Waals surface area contributed by atoms with Gasteiger partial charge in [-0.3, -0.25) is 42.3 Å². The molecule has 1 aliphatic rings. The van der Waals surface area contributed by atoms with E-state index in [-0.39, 0.29) is 67.6 Å². The molecule has 3 rings (SSSR count). The number of carboxylic acids is 2. The molecule has 0 aliphatic carbocycles. The minimum absolute atomic E-state index is 0.00863. The minimum atomic E-state index is -5.62. The van der Waals surface area contributed by atoms with Gasteiger partial charge in [-0.05, 0) is 12.8 Å². The number of carbonyl (C=O) groups excluding carboxylic acids is 3. The van der Waals surface area contributed by atoms with Crippen LogP contribution in [0.1, 0.15) is 45.8 Å². The topological polar surface area (TPSA) is 515 Å². The number of hydrogen-bond donors (Lipinski definition) is 14. The van der Waals surface area contributed by atoms with E-state index in [1.165, 1.54) is 13.8 Å². The summed E-state index contributed by atoms with van der Waals surface area (Å²) >= 11 is 0.841. The highest BCUT2D eigenvalue weighted by atomic mass is 32.2. The van der Waals surface area contributed by atoms with Crippen LogP contribution in [0, 0.1) is 5.41 Å². The number of phosphoric ester groups is 3. The van der Waals surface area contributed by atoms with E-state index in [0.717, 1.165) is 29.0 Å². The molecule has 17 N–H and O–H groups in total. The smallest absolute Gasteiger partial charge is 0.481 e. The van der Waals surface area contributed by atoms with E-state index < -0.39 is 120 Å². The van der Waals surface area contributed by atoms with Crippen LogP contribution in [-0.4, -0.2) is 169 Å². The lowest BCUT2D eigenvalue weighted by Crippen LogP contribution is -2.46. The third-order valence-electron chi connectivity index (χ3n) is 9.00. The number of aromatic nitrogens is 4. The Morgan fingerprint density at radius 2 is 1.70 bits per heavy atom. The van der Waals surface area contributed by atoms with Gasteiger partial charge in [0, 0.05) is 37.2 Å². The number of fused-ring (bicyclic) bond motifs is 1. The Bertz CT molecular complexity index is 2250. The number of nitrogens with two attached hydrogens (primary N) is 3. The molecule has 3 heterocycles. The molecule has 0 aromatic carbocycles. The average Bonchev–Trinajstić information content (AvgIpc) is 3.78. The molecule has 67 heavy (non-hydrogen) atoms. The normalized spacial score (nSPS) is 21.1. The van der Waals surface area contributed by atoms with Gasteiger partial charge in [0.1, 0.15) is 42.3 Å². The fourth-order valence-electron chi connectivity index (χ4n) is 5.62. The van der Waals surface area contributed by atoms with Crippen molar-refractivity contribution in [2.24, 2.45) is 21.9 Å². The van der Waals surface area contributed by atoms with Crippen LogP contribution < -0.4 is 33.2 Å². The van der Waals surface area contributed by atoms with Crippen molar-refractivity contribution in [3.63, 3.8) is 0 Å². The van der Waals surface area contributed by atoms with E-state index in [0.29, 0.717) is 0 Å². The van der Waals surface area contributed by atoms with E-state index in [4.69, 9.17) is 41.2 Å². The number of nitrogens with one attached hydrogen (secondary N) is 3. The standard InChI is InChI=1S/C31H52N11O21P3S/c1-31(2,23(47)26(48)36-7-5-18(43)35-8-9-67-29(51)15(32)4-3-6-37-30(34)41-16(28(49)50)10-19(44)45)12-60-66(57,58)63-65(55,56)59-11-17-22(62-64(52,53)54)21(46)27(61-17)42-14-40-20-24(33)38-13-39-25(20)42/h13-17,21-23,27,46-47H,3-12,32H2,1-2H3,(H,35,43)(H,36,48)(H,44,45)(H,49,50)(H,55,56)(H,57,58)(H2,33,38,39)(H3,34,37,41)(H2,52,53,54). The van der Waals surface area contributed by atoms with E-state index >= 15 is 0 Å². The Morgan fingerprint density at radius 1 is 1.03 bits per heavy atom. The lowest BCUT2D eigenvalue weighted by atomic mass is 9.87. The number of nitrogen functional groups attached to an aromatic ring is 1. The number of aliphatic imine (C=N–C) groups is 1. The average molecular weight is 1040 g/mol. The van der Waals surface area contributed by atoms with Gasteiger partial charge in [-0.25, -0.2) is 33.4 Å². The van der Waals surface area contributed by atoms with Gasteiger partial charge < -0.3 is 77.9 Å². The van der Waals surface area contributed by atoms with Crippen molar-refractivity contribution in [2.75, 3.05) is 44.3 Å². The zero-order chi connectivity index (χ0) is 50.5. The van der Waals surface area contributed by atoms with Gasteiger partial charge >= 0.3 is 35.4 Å². The molecule has 0 radical (unpaired) electrons. The predicted octanol–water partition coefficient (Wildman–Crippen LogP) is -3.40. The van der Waals surface area contributed by atoms with E-state index in [1.807, 2.05) is 0 Å². The van der Waals surface area contributed by atoms with Crippen LogP contribution in [0.25, 0.3) is 11.2 Å². The number of nitrogens with zero attached hydrogens (tertiary/aromatic N) is 5. The number of aliphatic hydroxyl groups excluding tert-OH is 2. The molecule has 1 aliphatic heterocycles. The van der Waals surface area contributed by atoms with Gasteiger partial charge in [0.25, 0.3) is 0 Å². The zero-order valence-electron chi connectivity index (χ0n) is 35.4.